The molecule has 1 aromatic carbocycles. The molecule has 1 atom stereocenters. The zero-order chi connectivity index (χ0) is 12.5. The third kappa shape index (κ3) is 2.65. The van der Waals surface area contributed by atoms with Crippen LogP contribution in [0.25, 0.3) is 0 Å². The van der Waals surface area contributed by atoms with E-state index in [9.17, 15) is 0 Å². The van der Waals surface area contributed by atoms with Gasteiger partial charge in [0.15, 0.2) is 0 Å². The summed E-state index contributed by atoms with van der Waals surface area (Å²) in [5, 5.41) is 0. The van der Waals surface area contributed by atoms with Crippen LogP contribution in [0.5, 0.6) is 0 Å². The van der Waals surface area contributed by atoms with E-state index >= 15 is 0 Å². The highest BCUT2D eigenvalue weighted by Gasteiger charge is 2.34. The summed E-state index contributed by atoms with van der Waals surface area (Å²) in [6, 6.07) is 8.72. The van der Waals surface area contributed by atoms with Crippen molar-refractivity contribution in [3.63, 3.8) is 0 Å². The molecule has 1 aromatic rings. The van der Waals surface area contributed by atoms with Crippen LogP contribution >= 0.6 is 15.9 Å². The molecule has 3 heterocycles. The molecule has 18 heavy (non-hydrogen) atoms. The van der Waals surface area contributed by atoms with Gasteiger partial charge in [-0.1, -0.05) is 35.0 Å². The summed E-state index contributed by atoms with van der Waals surface area (Å²) in [7, 11) is 0. The molecule has 4 rings (SSSR count). The Labute approximate surface area is 119 Å². The second-order valence-electron chi connectivity index (χ2n) is 5.89. The molecule has 0 N–H and O–H groups in total. The third-order valence-electron chi connectivity index (χ3n) is 4.68. The molecule has 2 bridgehead atoms. The first-order valence-electron chi connectivity index (χ1n) is 7.03. The van der Waals surface area contributed by atoms with Crippen LogP contribution in [0.2, 0.25) is 0 Å². The lowest BCUT2D eigenvalue weighted by atomic mass is 9.74. The Morgan fingerprint density at radius 3 is 2.72 bits per heavy atom. The predicted molar refractivity (Wildman–Crippen MR) is 79.4 cm³/mol. The van der Waals surface area contributed by atoms with Gasteiger partial charge in [0.2, 0.25) is 0 Å². The van der Waals surface area contributed by atoms with Crippen LogP contribution in [-0.2, 0) is 0 Å². The van der Waals surface area contributed by atoms with Crippen molar-refractivity contribution < 1.29 is 0 Å². The Kier molecular flexibility index (Phi) is 3.76. The van der Waals surface area contributed by atoms with Crippen LogP contribution in [-0.4, -0.2) is 24.5 Å². The van der Waals surface area contributed by atoms with Gasteiger partial charge >= 0.3 is 0 Å². The van der Waals surface area contributed by atoms with Gasteiger partial charge in [-0.25, -0.2) is 0 Å². The van der Waals surface area contributed by atoms with Crippen LogP contribution in [0.1, 0.15) is 31.7 Å². The predicted octanol–water partition coefficient (Wildman–Crippen LogP) is 4.12. The van der Waals surface area contributed by atoms with E-state index in [-0.39, 0.29) is 0 Å². The summed E-state index contributed by atoms with van der Waals surface area (Å²) < 4.78 is 1.19. The van der Waals surface area contributed by atoms with E-state index in [1.807, 2.05) is 0 Å². The van der Waals surface area contributed by atoms with Gasteiger partial charge < -0.3 is 4.90 Å². The average molecular weight is 307 g/mol. The van der Waals surface area contributed by atoms with E-state index in [2.05, 4.69) is 52.0 Å². The van der Waals surface area contributed by atoms with Crippen LogP contribution in [0.3, 0.4) is 0 Å². The molecular weight excluding hydrogens is 286 g/mol. The zero-order valence-corrected chi connectivity index (χ0v) is 12.6. The van der Waals surface area contributed by atoms with Crippen molar-refractivity contribution in [1.82, 2.24) is 4.90 Å². The number of rotatable bonds is 3. The summed E-state index contributed by atoms with van der Waals surface area (Å²) in [5.41, 5.74) is 1.40. The molecule has 0 aliphatic carbocycles. The minimum absolute atomic E-state index is 0.895. The molecule has 1 unspecified atom stereocenters. The summed E-state index contributed by atoms with van der Waals surface area (Å²) >= 11 is 3.57. The van der Waals surface area contributed by atoms with Gasteiger partial charge in [0.25, 0.3) is 0 Å². The minimum atomic E-state index is 0.895. The molecule has 3 fully saturated rings. The van der Waals surface area contributed by atoms with Crippen molar-refractivity contribution in [1.29, 1.82) is 0 Å². The third-order valence-corrected chi connectivity index (χ3v) is 5.17. The largest absolute Gasteiger partial charge is 0.303 e. The topological polar surface area (TPSA) is 3.24 Å². The van der Waals surface area contributed by atoms with E-state index < -0.39 is 0 Å². The lowest BCUT2D eigenvalue weighted by Gasteiger charge is -2.45. The first kappa shape index (κ1) is 12.7. The summed E-state index contributed by atoms with van der Waals surface area (Å²) in [6.07, 6.45) is 4.13. The molecule has 3 aliphatic heterocycles. The van der Waals surface area contributed by atoms with Crippen molar-refractivity contribution in [3.8, 4) is 0 Å². The molecule has 97 valence electrons. The SMILES string of the molecule is C[C](CC1CN2CCC1CC2)c1cccc(Br)c1. The fourth-order valence-electron chi connectivity index (χ4n) is 3.58. The Bertz CT molecular complexity index is 409. The van der Waals surface area contributed by atoms with Gasteiger partial charge in [0.05, 0.1) is 0 Å². The van der Waals surface area contributed by atoms with Gasteiger partial charge in [0.1, 0.15) is 0 Å². The number of hydrogen-bond acceptors (Lipinski definition) is 1. The Morgan fingerprint density at radius 2 is 2.11 bits per heavy atom. The van der Waals surface area contributed by atoms with Crippen molar-refractivity contribution >= 4 is 15.9 Å². The van der Waals surface area contributed by atoms with Gasteiger partial charge in [-0.2, -0.15) is 0 Å². The minimum Gasteiger partial charge on any atom is -0.303 e. The van der Waals surface area contributed by atoms with Crippen LogP contribution < -0.4 is 0 Å². The molecule has 3 saturated heterocycles. The number of hydrogen-bond donors (Lipinski definition) is 0. The van der Waals surface area contributed by atoms with Crippen molar-refractivity contribution in [2.75, 3.05) is 19.6 Å². The molecule has 0 saturated carbocycles. The average Bonchev–Trinajstić information content (AvgIpc) is 2.40. The highest BCUT2D eigenvalue weighted by atomic mass is 79.9. The highest BCUT2D eigenvalue weighted by Crippen LogP contribution is 2.37. The second-order valence-corrected chi connectivity index (χ2v) is 6.81. The van der Waals surface area contributed by atoms with Gasteiger partial charge in [-0.05, 0) is 61.9 Å². The quantitative estimate of drug-likeness (QED) is 0.812. The summed E-state index contributed by atoms with van der Waals surface area (Å²) in [5.74, 6) is 3.43. The van der Waals surface area contributed by atoms with Gasteiger partial charge in [-0.15, -0.1) is 0 Å². The lowest BCUT2D eigenvalue weighted by molar-refractivity contribution is 0.0493. The van der Waals surface area contributed by atoms with E-state index in [0.717, 1.165) is 11.8 Å². The maximum atomic E-state index is 3.57. The smallest absolute Gasteiger partial charge is 0.0178 e. The number of nitrogens with zero attached hydrogens (tertiary/aromatic N) is 1. The summed E-state index contributed by atoms with van der Waals surface area (Å²) in [4.78, 5) is 2.65. The Hall–Kier alpha value is -0.340. The Morgan fingerprint density at radius 1 is 1.33 bits per heavy atom. The fourth-order valence-corrected chi connectivity index (χ4v) is 3.98. The lowest BCUT2D eigenvalue weighted by Crippen LogP contribution is -2.47. The van der Waals surface area contributed by atoms with Gasteiger partial charge in [-0.3, -0.25) is 0 Å². The van der Waals surface area contributed by atoms with Crippen molar-refractivity contribution in [2.45, 2.75) is 26.2 Å². The highest BCUT2D eigenvalue weighted by molar-refractivity contribution is 9.10. The first-order valence-corrected chi connectivity index (χ1v) is 7.82. The molecule has 2 heteroatoms. The van der Waals surface area contributed by atoms with E-state index in [1.54, 1.807) is 5.92 Å². The second kappa shape index (κ2) is 5.34. The normalized spacial score (nSPS) is 30.9. The van der Waals surface area contributed by atoms with Crippen LogP contribution in [0, 0.1) is 17.8 Å². The standard InChI is InChI=1S/C16H21BrN/c1-12(14-3-2-4-16(17)10-14)9-15-11-18-7-5-13(15)6-8-18/h2-4,10,13,15H,5-9,11H2,1H3. The molecule has 3 aliphatic rings. The zero-order valence-electron chi connectivity index (χ0n) is 11.0. The van der Waals surface area contributed by atoms with E-state index in [1.165, 1.54) is 48.9 Å². The monoisotopic (exact) mass is 306 g/mol. The fraction of sp³-hybridized carbons (Fsp3) is 0.562. The molecular formula is C16H21BrN. The van der Waals surface area contributed by atoms with Crippen LogP contribution in [0.4, 0.5) is 0 Å². The van der Waals surface area contributed by atoms with E-state index in [4.69, 9.17) is 0 Å². The van der Waals surface area contributed by atoms with Crippen LogP contribution in [0.15, 0.2) is 28.7 Å². The molecule has 0 spiro atoms. The van der Waals surface area contributed by atoms with Gasteiger partial charge in [0, 0.05) is 16.9 Å². The number of halogens is 1. The first-order chi connectivity index (χ1) is 8.72. The van der Waals surface area contributed by atoms with Crippen molar-refractivity contribution in [3.05, 3.63) is 40.2 Å². The molecule has 1 radical (unpaired) electrons. The summed E-state index contributed by atoms with van der Waals surface area (Å²) in [6.45, 7) is 6.32. The maximum Gasteiger partial charge on any atom is 0.0178 e. The maximum absolute atomic E-state index is 3.57. The number of fused-ring (bicyclic) bond motifs is 3. The number of benzene rings is 1. The number of piperidine rings is 3. The molecule has 0 amide bonds. The van der Waals surface area contributed by atoms with E-state index in [0.29, 0.717) is 0 Å². The molecule has 0 aromatic heterocycles. The van der Waals surface area contributed by atoms with Crippen molar-refractivity contribution in [2.24, 2.45) is 11.8 Å². The molecule has 1 nitrogen and oxygen atoms in total. The Balaban J connectivity index is 1.66.